The Morgan fingerprint density at radius 3 is 2.52 bits per heavy atom. The van der Waals surface area contributed by atoms with E-state index in [4.69, 9.17) is 4.74 Å². The molecule has 0 amide bonds. The molecule has 8 heteroatoms. The predicted octanol–water partition coefficient (Wildman–Crippen LogP) is 1.43. The second-order valence-electron chi connectivity index (χ2n) is 5.18. The van der Waals surface area contributed by atoms with Crippen molar-refractivity contribution >= 4 is 17.4 Å². The number of carbonyl (C=O) groups is 2. The summed E-state index contributed by atoms with van der Waals surface area (Å²) < 4.78 is 7.80. The summed E-state index contributed by atoms with van der Waals surface area (Å²) in [6, 6.07) is 3.13. The third-order valence-corrected chi connectivity index (χ3v) is 3.47. The summed E-state index contributed by atoms with van der Waals surface area (Å²) in [4.78, 5) is 28.1. The van der Waals surface area contributed by atoms with Crippen LogP contribution in [0.4, 0.5) is 0 Å². The first-order valence-corrected chi connectivity index (χ1v) is 6.91. The van der Waals surface area contributed by atoms with Gasteiger partial charge in [-0.25, -0.2) is 14.3 Å². The zero-order chi connectivity index (χ0) is 16.7. The molecule has 3 aromatic heterocycles. The minimum atomic E-state index is -0.557. The molecule has 0 aliphatic heterocycles. The minimum Gasteiger partial charge on any atom is -0.464 e. The molecule has 3 rings (SSSR count). The molecule has 0 saturated carbocycles. The number of carbonyl (C=O) groups excluding carboxylic acids is 2. The molecule has 0 aromatic carbocycles. The van der Waals surface area contributed by atoms with Crippen LogP contribution in [0, 0.1) is 6.92 Å². The molecule has 0 N–H and O–H groups in total. The number of hydrogen-bond acceptors (Lipinski definition) is 6. The second-order valence-corrected chi connectivity index (χ2v) is 5.18. The largest absolute Gasteiger partial charge is 0.464 e. The molecule has 0 spiro atoms. The predicted molar refractivity (Wildman–Crippen MR) is 81.3 cm³/mol. The van der Waals surface area contributed by atoms with Crippen molar-refractivity contribution < 1.29 is 14.3 Å². The van der Waals surface area contributed by atoms with Crippen molar-refractivity contribution in [3.05, 3.63) is 35.4 Å². The van der Waals surface area contributed by atoms with Crippen LogP contribution in [0.25, 0.3) is 16.9 Å². The Labute approximate surface area is 131 Å². The van der Waals surface area contributed by atoms with Gasteiger partial charge in [-0.1, -0.05) is 0 Å². The van der Waals surface area contributed by atoms with Crippen molar-refractivity contribution in [3.8, 4) is 11.3 Å². The number of esters is 1. The second kappa shape index (κ2) is 5.31. The van der Waals surface area contributed by atoms with Gasteiger partial charge in [0.1, 0.15) is 5.69 Å². The molecule has 0 aliphatic rings. The molecule has 0 radical (unpaired) electrons. The fourth-order valence-electron chi connectivity index (χ4n) is 2.39. The first kappa shape index (κ1) is 14.9. The third-order valence-electron chi connectivity index (χ3n) is 3.47. The topological polar surface area (TPSA) is 91.4 Å². The number of fused-ring (bicyclic) bond motifs is 1. The van der Waals surface area contributed by atoms with Crippen LogP contribution in [-0.4, -0.2) is 43.2 Å². The Balaban J connectivity index is 2.30. The molecule has 3 heterocycles. The lowest BCUT2D eigenvalue weighted by Crippen LogP contribution is -2.11. The SMILES string of the molecule is COC(=O)c1cc(-c2cn(C)nc2C)nc2cc(C(C)=O)nn12. The van der Waals surface area contributed by atoms with Crippen molar-refractivity contribution in [3.63, 3.8) is 0 Å². The maximum atomic E-state index is 12.1. The van der Waals surface area contributed by atoms with E-state index in [0.717, 1.165) is 11.3 Å². The summed E-state index contributed by atoms with van der Waals surface area (Å²) in [6.07, 6.45) is 1.82. The van der Waals surface area contributed by atoms with Crippen molar-refractivity contribution in [1.29, 1.82) is 0 Å². The van der Waals surface area contributed by atoms with E-state index >= 15 is 0 Å². The number of hydrogen-bond donors (Lipinski definition) is 0. The van der Waals surface area contributed by atoms with Crippen molar-refractivity contribution in [2.75, 3.05) is 7.11 Å². The van der Waals surface area contributed by atoms with Crippen LogP contribution >= 0.6 is 0 Å². The summed E-state index contributed by atoms with van der Waals surface area (Å²) in [5, 5.41) is 8.41. The lowest BCUT2D eigenvalue weighted by atomic mass is 10.1. The lowest BCUT2D eigenvalue weighted by molar-refractivity contribution is 0.0590. The summed E-state index contributed by atoms with van der Waals surface area (Å²) in [5.74, 6) is -0.760. The van der Waals surface area contributed by atoms with Crippen LogP contribution in [0.15, 0.2) is 18.3 Å². The molecular formula is C15H15N5O3. The smallest absolute Gasteiger partial charge is 0.356 e. The third kappa shape index (κ3) is 2.48. The van der Waals surface area contributed by atoms with Gasteiger partial charge >= 0.3 is 5.97 Å². The van der Waals surface area contributed by atoms with Gasteiger partial charge in [0.15, 0.2) is 17.1 Å². The van der Waals surface area contributed by atoms with E-state index in [-0.39, 0.29) is 17.2 Å². The molecule has 0 aliphatic carbocycles. The number of ether oxygens (including phenoxy) is 1. The molecule has 0 bridgehead atoms. The van der Waals surface area contributed by atoms with Gasteiger partial charge in [-0.15, -0.1) is 0 Å². The Morgan fingerprint density at radius 1 is 1.22 bits per heavy atom. The highest BCUT2D eigenvalue weighted by atomic mass is 16.5. The van der Waals surface area contributed by atoms with Gasteiger partial charge in [-0.2, -0.15) is 10.2 Å². The number of Topliss-reactive ketones (excluding diaryl/α,β-unsaturated/α-hetero) is 1. The first-order valence-electron chi connectivity index (χ1n) is 6.91. The van der Waals surface area contributed by atoms with Gasteiger partial charge in [0, 0.05) is 31.8 Å². The number of ketones is 1. The van der Waals surface area contributed by atoms with E-state index in [2.05, 4.69) is 15.2 Å². The highest BCUT2D eigenvalue weighted by molar-refractivity contribution is 5.94. The van der Waals surface area contributed by atoms with Crippen molar-refractivity contribution in [1.82, 2.24) is 24.4 Å². The summed E-state index contributed by atoms with van der Waals surface area (Å²) in [5.41, 5.74) is 2.98. The van der Waals surface area contributed by atoms with Crippen LogP contribution in [0.5, 0.6) is 0 Å². The van der Waals surface area contributed by atoms with E-state index in [9.17, 15) is 9.59 Å². The minimum absolute atomic E-state index is 0.197. The maximum Gasteiger partial charge on any atom is 0.356 e. The zero-order valence-corrected chi connectivity index (χ0v) is 13.2. The fourth-order valence-corrected chi connectivity index (χ4v) is 2.39. The zero-order valence-electron chi connectivity index (χ0n) is 13.2. The Morgan fingerprint density at radius 2 is 1.96 bits per heavy atom. The van der Waals surface area contributed by atoms with E-state index < -0.39 is 5.97 Å². The summed E-state index contributed by atoms with van der Waals surface area (Å²) in [6.45, 7) is 3.27. The van der Waals surface area contributed by atoms with E-state index in [1.807, 2.05) is 20.2 Å². The average molecular weight is 313 g/mol. The first-order chi connectivity index (χ1) is 10.9. The van der Waals surface area contributed by atoms with Gasteiger partial charge in [0.05, 0.1) is 18.5 Å². The van der Waals surface area contributed by atoms with E-state index in [1.165, 1.54) is 18.5 Å². The highest BCUT2D eigenvalue weighted by Crippen LogP contribution is 2.23. The molecule has 23 heavy (non-hydrogen) atoms. The van der Waals surface area contributed by atoms with Crippen LogP contribution < -0.4 is 0 Å². The van der Waals surface area contributed by atoms with Gasteiger partial charge in [0.25, 0.3) is 0 Å². The van der Waals surface area contributed by atoms with E-state index in [0.29, 0.717) is 11.3 Å². The highest BCUT2D eigenvalue weighted by Gasteiger charge is 2.19. The quantitative estimate of drug-likeness (QED) is 0.536. The standard InChI is InChI=1S/C15H15N5O3/c1-8-10(7-19(3)17-8)12-5-13(15(22)23-4)20-14(16-12)6-11(18-20)9(2)21/h5-7H,1-4H3. The number of nitrogens with zero attached hydrogens (tertiary/aromatic N) is 5. The molecule has 0 atom stereocenters. The number of aryl methyl sites for hydroxylation is 2. The number of aromatic nitrogens is 5. The average Bonchev–Trinajstić information content (AvgIpc) is 3.08. The van der Waals surface area contributed by atoms with Gasteiger partial charge in [-0.3, -0.25) is 9.48 Å². The van der Waals surface area contributed by atoms with E-state index in [1.54, 1.807) is 16.8 Å². The maximum absolute atomic E-state index is 12.1. The summed E-state index contributed by atoms with van der Waals surface area (Å²) in [7, 11) is 3.10. The molecular weight excluding hydrogens is 298 g/mol. The molecule has 118 valence electrons. The van der Waals surface area contributed by atoms with Gasteiger partial charge in [0.2, 0.25) is 0 Å². The van der Waals surface area contributed by atoms with Crippen LogP contribution in [0.1, 0.15) is 33.6 Å². The molecule has 0 unspecified atom stereocenters. The van der Waals surface area contributed by atoms with Crippen molar-refractivity contribution in [2.45, 2.75) is 13.8 Å². The molecule has 3 aromatic rings. The van der Waals surface area contributed by atoms with Crippen LogP contribution in [-0.2, 0) is 11.8 Å². The van der Waals surface area contributed by atoms with Crippen LogP contribution in [0.3, 0.4) is 0 Å². The molecule has 0 saturated heterocycles. The Kier molecular flexibility index (Phi) is 3.44. The Hall–Kier alpha value is -3.03. The normalized spacial score (nSPS) is 11.0. The summed E-state index contributed by atoms with van der Waals surface area (Å²) >= 11 is 0. The van der Waals surface area contributed by atoms with Crippen LogP contribution in [0.2, 0.25) is 0 Å². The van der Waals surface area contributed by atoms with Gasteiger partial charge < -0.3 is 4.74 Å². The lowest BCUT2D eigenvalue weighted by Gasteiger charge is -2.05. The Bertz CT molecular complexity index is 938. The van der Waals surface area contributed by atoms with Gasteiger partial charge in [-0.05, 0) is 13.0 Å². The monoisotopic (exact) mass is 313 g/mol. The molecule has 0 fully saturated rings. The molecule has 8 nitrogen and oxygen atoms in total. The van der Waals surface area contributed by atoms with Crippen molar-refractivity contribution in [2.24, 2.45) is 7.05 Å². The fraction of sp³-hybridized carbons (Fsp3) is 0.267. The number of methoxy groups -OCH3 is 1. The number of rotatable bonds is 3.